The van der Waals surface area contributed by atoms with Gasteiger partial charge in [0.15, 0.2) is 0 Å². The molecule has 1 unspecified atom stereocenters. The summed E-state index contributed by atoms with van der Waals surface area (Å²) in [5.41, 5.74) is -0.0286. The Morgan fingerprint density at radius 2 is 1.71 bits per heavy atom. The van der Waals surface area contributed by atoms with Gasteiger partial charge < -0.3 is 4.89 Å². The fourth-order valence-electron chi connectivity index (χ4n) is 2.09. The van der Waals surface area contributed by atoms with E-state index in [9.17, 15) is 9.46 Å². The lowest BCUT2D eigenvalue weighted by molar-refractivity contribution is 0.0458. The normalized spacial score (nSPS) is 14.9. The Hall–Kier alpha value is -0.670. The van der Waals surface area contributed by atoms with Crippen molar-refractivity contribution in [2.24, 2.45) is 0 Å². The van der Waals surface area contributed by atoms with Gasteiger partial charge in [-0.3, -0.25) is 9.05 Å². The number of unbranched alkanes of at least 4 members (excludes halogenated alkanes) is 4. The third-order valence-corrected chi connectivity index (χ3v) is 4.51. The van der Waals surface area contributed by atoms with Crippen molar-refractivity contribution in [1.29, 1.82) is 0 Å². The molecule has 0 aromatic heterocycles. The van der Waals surface area contributed by atoms with Crippen molar-refractivity contribution in [3.8, 4) is 0 Å². The standard InChI is InChI=1S/C16H27O4P/c1-4-5-6-7-11-14-19-21(17,18)20-16(2,3)15-12-9-8-10-13-15/h8-10,12-13H,4-7,11,14H2,1-3H3,(H,17,18). The third-order valence-electron chi connectivity index (χ3n) is 3.31. The van der Waals surface area contributed by atoms with Crippen LogP contribution < -0.4 is 0 Å². The van der Waals surface area contributed by atoms with Crippen molar-refractivity contribution in [2.45, 2.75) is 58.5 Å². The summed E-state index contributed by atoms with van der Waals surface area (Å²) in [4.78, 5) is 9.83. The molecule has 4 nitrogen and oxygen atoms in total. The molecule has 0 saturated heterocycles. The Bertz CT molecular complexity index is 445. The van der Waals surface area contributed by atoms with E-state index in [1.807, 2.05) is 30.3 Å². The average Bonchev–Trinajstić information content (AvgIpc) is 2.42. The van der Waals surface area contributed by atoms with Crippen molar-refractivity contribution in [1.82, 2.24) is 0 Å². The first-order valence-corrected chi connectivity index (χ1v) is 9.10. The minimum Gasteiger partial charge on any atom is -0.302 e. The number of rotatable bonds is 10. The van der Waals surface area contributed by atoms with Gasteiger partial charge in [-0.25, -0.2) is 4.57 Å². The minimum absolute atomic E-state index is 0.252. The number of hydrogen-bond acceptors (Lipinski definition) is 3. The van der Waals surface area contributed by atoms with Gasteiger partial charge in [-0.1, -0.05) is 62.9 Å². The van der Waals surface area contributed by atoms with Crippen LogP contribution in [0.15, 0.2) is 30.3 Å². The molecule has 0 aliphatic rings. The summed E-state index contributed by atoms with van der Waals surface area (Å²) in [6.45, 7) is 5.92. The van der Waals surface area contributed by atoms with E-state index in [2.05, 4.69) is 6.92 Å². The van der Waals surface area contributed by atoms with Gasteiger partial charge in [-0.2, -0.15) is 0 Å². The zero-order chi connectivity index (χ0) is 15.8. The molecule has 1 atom stereocenters. The quantitative estimate of drug-likeness (QED) is 0.486. The molecule has 0 aliphatic carbocycles. The van der Waals surface area contributed by atoms with E-state index >= 15 is 0 Å². The summed E-state index contributed by atoms with van der Waals surface area (Å²) in [6.07, 6.45) is 5.28. The fourth-order valence-corrected chi connectivity index (χ4v) is 3.19. The third kappa shape index (κ3) is 7.23. The maximum atomic E-state index is 12.0. The van der Waals surface area contributed by atoms with Crippen molar-refractivity contribution >= 4 is 7.82 Å². The van der Waals surface area contributed by atoms with Gasteiger partial charge in [0, 0.05) is 0 Å². The molecular weight excluding hydrogens is 287 g/mol. The van der Waals surface area contributed by atoms with E-state index in [-0.39, 0.29) is 6.61 Å². The van der Waals surface area contributed by atoms with Gasteiger partial charge in [0.25, 0.3) is 0 Å². The van der Waals surface area contributed by atoms with Crippen LogP contribution in [0.3, 0.4) is 0 Å². The SMILES string of the molecule is CCCCCCCOP(=O)(O)OC(C)(C)c1ccccc1. The molecule has 0 bridgehead atoms. The van der Waals surface area contributed by atoms with Crippen LogP contribution in [0.1, 0.15) is 58.4 Å². The Labute approximate surface area is 128 Å². The first-order chi connectivity index (χ1) is 9.87. The molecule has 1 aromatic rings. The van der Waals surface area contributed by atoms with Crippen LogP contribution in [0.5, 0.6) is 0 Å². The highest BCUT2D eigenvalue weighted by Gasteiger charge is 2.33. The second-order valence-electron chi connectivity index (χ2n) is 5.68. The molecule has 0 amide bonds. The molecule has 120 valence electrons. The van der Waals surface area contributed by atoms with Crippen LogP contribution in [0.4, 0.5) is 0 Å². The van der Waals surface area contributed by atoms with E-state index in [1.54, 1.807) is 13.8 Å². The smallest absolute Gasteiger partial charge is 0.302 e. The summed E-state index contributed by atoms with van der Waals surface area (Å²) in [5.74, 6) is 0. The maximum absolute atomic E-state index is 12.0. The summed E-state index contributed by atoms with van der Waals surface area (Å²) < 4.78 is 22.4. The lowest BCUT2D eigenvalue weighted by atomic mass is 9.99. The first kappa shape index (κ1) is 18.4. The molecular formula is C16H27O4P. The topological polar surface area (TPSA) is 55.8 Å². The van der Waals surface area contributed by atoms with Crippen molar-refractivity contribution in [3.63, 3.8) is 0 Å². The number of benzene rings is 1. The molecule has 21 heavy (non-hydrogen) atoms. The molecule has 0 radical (unpaired) electrons. The predicted octanol–water partition coefficient (Wildman–Crippen LogP) is 5.03. The van der Waals surface area contributed by atoms with Gasteiger partial charge in [0.1, 0.15) is 0 Å². The molecule has 0 heterocycles. The Morgan fingerprint density at radius 1 is 1.10 bits per heavy atom. The molecule has 1 rings (SSSR count). The van der Waals surface area contributed by atoms with Crippen LogP contribution in [0.25, 0.3) is 0 Å². The minimum atomic E-state index is -4.04. The van der Waals surface area contributed by atoms with E-state index in [0.29, 0.717) is 0 Å². The summed E-state index contributed by atoms with van der Waals surface area (Å²) in [6, 6.07) is 9.37. The lowest BCUT2D eigenvalue weighted by Crippen LogP contribution is -2.20. The molecule has 5 heteroatoms. The van der Waals surface area contributed by atoms with Crippen LogP contribution >= 0.6 is 7.82 Å². The largest absolute Gasteiger partial charge is 0.473 e. The second-order valence-corrected chi connectivity index (χ2v) is 7.06. The summed E-state index contributed by atoms with van der Waals surface area (Å²) >= 11 is 0. The molecule has 1 aromatic carbocycles. The van der Waals surface area contributed by atoms with E-state index in [1.165, 1.54) is 12.8 Å². The van der Waals surface area contributed by atoms with Crippen LogP contribution in [0, 0.1) is 0 Å². The Kier molecular flexibility index (Phi) is 7.61. The Morgan fingerprint density at radius 3 is 2.33 bits per heavy atom. The van der Waals surface area contributed by atoms with Crippen LogP contribution in [-0.2, 0) is 19.2 Å². The van der Waals surface area contributed by atoms with Crippen molar-refractivity contribution < 1.29 is 18.5 Å². The zero-order valence-electron chi connectivity index (χ0n) is 13.2. The predicted molar refractivity (Wildman–Crippen MR) is 85.1 cm³/mol. The van der Waals surface area contributed by atoms with Crippen LogP contribution in [0.2, 0.25) is 0 Å². The maximum Gasteiger partial charge on any atom is 0.473 e. The van der Waals surface area contributed by atoms with E-state index < -0.39 is 13.4 Å². The van der Waals surface area contributed by atoms with Crippen molar-refractivity contribution in [2.75, 3.05) is 6.61 Å². The summed E-state index contributed by atoms with van der Waals surface area (Å²) in [7, 11) is -4.04. The van der Waals surface area contributed by atoms with Gasteiger partial charge >= 0.3 is 7.82 Å². The number of phosphoric ester groups is 1. The zero-order valence-corrected chi connectivity index (χ0v) is 14.1. The van der Waals surface area contributed by atoms with Gasteiger partial charge in [0.2, 0.25) is 0 Å². The van der Waals surface area contributed by atoms with Gasteiger partial charge in [0.05, 0.1) is 12.2 Å². The van der Waals surface area contributed by atoms with Crippen LogP contribution in [-0.4, -0.2) is 11.5 Å². The summed E-state index contributed by atoms with van der Waals surface area (Å²) in [5, 5.41) is 0. The van der Waals surface area contributed by atoms with Gasteiger partial charge in [-0.05, 0) is 25.8 Å². The first-order valence-electron chi connectivity index (χ1n) is 7.61. The van der Waals surface area contributed by atoms with E-state index in [0.717, 1.165) is 24.8 Å². The lowest BCUT2D eigenvalue weighted by Gasteiger charge is -2.27. The highest BCUT2D eigenvalue weighted by molar-refractivity contribution is 7.47. The molecule has 1 N–H and O–H groups in total. The molecule has 0 aliphatic heterocycles. The second kappa shape index (κ2) is 8.70. The molecule has 0 spiro atoms. The highest BCUT2D eigenvalue weighted by atomic mass is 31.2. The highest BCUT2D eigenvalue weighted by Crippen LogP contribution is 2.50. The van der Waals surface area contributed by atoms with Crippen molar-refractivity contribution in [3.05, 3.63) is 35.9 Å². The average molecular weight is 314 g/mol. The van der Waals surface area contributed by atoms with Gasteiger partial charge in [-0.15, -0.1) is 0 Å². The molecule has 0 saturated carbocycles. The Balaban J connectivity index is 2.42. The monoisotopic (exact) mass is 314 g/mol. The number of phosphoric acid groups is 1. The van der Waals surface area contributed by atoms with E-state index in [4.69, 9.17) is 9.05 Å². The number of hydrogen-bond donors (Lipinski definition) is 1. The fraction of sp³-hybridized carbons (Fsp3) is 0.625. The molecule has 0 fully saturated rings.